The lowest BCUT2D eigenvalue weighted by Gasteiger charge is -2.22. The lowest BCUT2D eigenvalue weighted by atomic mass is 9.96. The van der Waals surface area contributed by atoms with Crippen molar-refractivity contribution < 1.29 is 4.74 Å². The van der Waals surface area contributed by atoms with Crippen LogP contribution in [0, 0.1) is 17.8 Å². The molecular weight excluding hydrogens is 326 g/mol. The average molecular weight is 352 g/mol. The van der Waals surface area contributed by atoms with E-state index >= 15 is 0 Å². The van der Waals surface area contributed by atoms with E-state index in [9.17, 15) is 0 Å². The van der Waals surface area contributed by atoms with Gasteiger partial charge in [-0.25, -0.2) is 0 Å². The molecule has 21 heavy (non-hydrogen) atoms. The molecule has 3 unspecified atom stereocenters. The van der Waals surface area contributed by atoms with Gasteiger partial charge in [0.2, 0.25) is 0 Å². The number of rotatable bonds is 7. The maximum atomic E-state index is 5.55. The Morgan fingerprint density at radius 1 is 1.33 bits per heavy atom. The van der Waals surface area contributed by atoms with Crippen LogP contribution in [0.3, 0.4) is 0 Å². The van der Waals surface area contributed by atoms with E-state index in [-0.39, 0.29) is 0 Å². The molecule has 116 valence electrons. The van der Waals surface area contributed by atoms with Crippen LogP contribution < -0.4 is 10.1 Å². The molecule has 2 aliphatic carbocycles. The van der Waals surface area contributed by atoms with Crippen molar-refractivity contribution in [1.82, 2.24) is 5.32 Å². The molecule has 1 aromatic rings. The van der Waals surface area contributed by atoms with Crippen molar-refractivity contribution in [2.45, 2.75) is 45.1 Å². The van der Waals surface area contributed by atoms with Gasteiger partial charge in [0.1, 0.15) is 5.75 Å². The monoisotopic (exact) mass is 351 g/mol. The number of nitrogens with one attached hydrogen (secondary N) is 1. The summed E-state index contributed by atoms with van der Waals surface area (Å²) in [4.78, 5) is 0. The standard InChI is InChI=1S/C18H26BrNO/c1-3-9-20-16(18-14-5-4-6-15(14)18)11-12-10-13(19)7-8-17(12)21-2/h7-8,10,14-16,18,20H,3-6,9,11H2,1-2H3. The van der Waals surface area contributed by atoms with Gasteiger partial charge in [-0.05, 0) is 73.7 Å². The lowest BCUT2D eigenvalue weighted by Crippen LogP contribution is -2.35. The van der Waals surface area contributed by atoms with Crippen molar-refractivity contribution in [3.8, 4) is 5.75 Å². The Morgan fingerprint density at radius 3 is 2.76 bits per heavy atom. The SMILES string of the molecule is CCCNC(Cc1cc(Br)ccc1OC)C1C2CCCC21. The summed E-state index contributed by atoms with van der Waals surface area (Å²) >= 11 is 3.59. The average Bonchev–Trinajstić information content (AvgIpc) is 2.95. The second kappa shape index (κ2) is 6.70. The largest absolute Gasteiger partial charge is 0.496 e. The Hall–Kier alpha value is -0.540. The smallest absolute Gasteiger partial charge is 0.122 e. The van der Waals surface area contributed by atoms with Gasteiger partial charge in [0, 0.05) is 10.5 Å². The van der Waals surface area contributed by atoms with Crippen molar-refractivity contribution in [1.29, 1.82) is 0 Å². The van der Waals surface area contributed by atoms with Gasteiger partial charge in [-0.2, -0.15) is 0 Å². The molecule has 0 radical (unpaired) electrons. The molecule has 3 heteroatoms. The Morgan fingerprint density at radius 2 is 2.10 bits per heavy atom. The van der Waals surface area contributed by atoms with E-state index in [2.05, 4.69) is 46.4 Å². The van der Waals surface area contributed by atoms with Gasteiger partial charge in [-0.1, -0.05) is 29.3 Å². The molecule has 1 N–H and O–H groups in total. The molecule has 0 bridgehead atoms. The summed E-state index contributed by atoms with van der Waals surface area (Å²) in [5, 5.41) is 3.81. The van der Waals surface area contributed by atoms with E-state index in [1.807, 2.05) is 0 Å². The van der Waals surface area contributed by atoms with E-state index in [4.69, 9.17) is 4.74 Å². The van der Waals surface area contributed by atoms with Gasteiger partial charge < -0.3 is 10.1 Å². The van der Waals surface area contributed by atoms with E-state index in [0.29, 0.717) is 6.04 Å². The summed E-state index contributed by atoms with van der Waals surface area (Å²) in [6.07, 6.45) is 6.64. The van der Waals surface area contributed by atoms with Gasteiger partial charge in [-0.15, -0.1) is 0 Å². The minimum atomic E-state index is 0.614. The molecule has 0 heterocycles. The highest BCUT2D eigenvalue weighted by molar-refractivity contribution is 9.10. The van der Waals surface area contributed by atoms with Crippen LogP contribution in [0.2, 0.25) is 0 Å². The molecule has 1 aromatic carbocycles. The van der Waals surface area contributed by atoms with Crippen LogP contribution in [0.4, 0.5) is 0 Å². The molecule has 3 rings (SSSR count). The molecule has 0 amide bonds. The molecule has 0 aliphatic heterocycles. The Labute approximate surface area is 136 Å². The van der Waals surface area contributed by atoms with Crippen LogP contribution in [0.5, 0.6) is 5.75 Å². The topological polar surface area (TPSA) is 21.3 Å². The molecule has 3 atom stereocenters. The fourth-order valence-electron chi connectivity index (χ4n) is 4.29. The third-order valence-electron chi connectivity index (χ3n) is 5.28. The van der Waals surface area contributed by atoms with Crippen LogP contribution in [-0.2, 0) is 6.42 Å². The quantitative estimate of drug-likeness (QED) is 0.785. The van der Waals surface area contributed by atoms with E-state index in [0.717, 1.165) is 40.9 Å². The van der Waals surface area contributed by atoms with Crippen molar-refractivity contribution in [2.75, 3.05) is 13.7 Å². The van der Waals surface area contributed by atoms with Crippen LogP contribution in [-0.4, -0.2) is 19.7 Å². The van der Waals surface area contributed by atoms with Crippen molar-refractivity contribution in [3.05, 3.63) is 28.2 Å². The molecule has 2 saturated carbocycles. The molecule has 2 aliphatic rings. The molecule has 0 spiro atoms. The summed E-state index contributed by atoms with van der Waals surface area (Å²) in [5.74, 6) is 3.91. The first-order valence-corrected chi connectivity index (χ1v) is 9.09. The number of methoxy groups -OCH3 is 1. The maximum absolute atomic E-state index is 5.55. The highest BCUT2D eigenvalue weighted by Crippen LogP contribution is 2.59. The van der Waals surface area contributed by atoms with E-state index in [1.54, 1.807) is 7.11 Å². The van der Waals surface area contributed by atoms with Crippen LogP contribution in [0.15, 0.2) is 22.7 Å². The normalized spacial score (nSPS) is 28.2. The zero-order valence-corrected chi connectivity index (χ0v) is 14.7. The number of hydrogen-bond acceptors (Lipinski definition) is 2. The Kier molecular flexibility index (Phi) is 4.90. The van der Waals surface area contributed by atoms with E-state index < -0.39 is 0 Å². The summed E-state index contributed by atoms with van der Waals surface area (Å²) < 4.78 is 6.69. The van der Waals surface area contributed by atoms with Gasteiger partial charge >= 0.3 is 0 Å². The zero-order valence-electron chi connectivity index (χ0n) is 13.1. The van der Waals surface area contributed by atoms with Crippen LogP contribution in [0.25, 0.3) is 0 Å². The number of fused-ring (bicyclic) bond motifs is 1. The summed E-state index contributed by atoms with van der Waals surface area (Å²) in [6, 6.07) is 6.97. The number of benzene rings is 1. The fourth-order valence-corrected chi connectivity index (χ4v) is 4.70. The van der Waals surface area contributed by atoms with Crippen molar-refractivity contribution in [3.63, 3.8) is 0 Å². The van der Waals surface area contributed by atoms with Gasteiger partial charge in [0.15, 0.2) is 0 Å². The summed E-state index contributed by atoms with van der Waals surface area (Å²) in [5.41, 5.74) is 1.32. The minimum Gasteiger partial charge on any atom is -0.496 e. The summed E-state index contributed by atoms with van der Waals surface area (Å²) in [6.45, 7) is 3.37. The molecule has 0 saturated heterocycles. The van der Waals surface area contributed by atoms with Crippen LogP contribution in [0.1, 0.15) is 38.2 Å². The number of hydrogen-bond donors (Lipinski definition) is 1. The highest BCUT2D eigenvalue weighted by Gasteiger charge is 2.55. The lowest BCUT2D eigenvalue weighted by molar-refractivity contribution is 0.383. The molecule has 2 nitrogen and oxygen atoms in total. The zero-order chi connectivity index (χ0) is 14.8. The Bertz CT molecular complexity index is 480. The van der Waals surface area contributed by atoms with Crippen LogP contribution >= 0.6 is 15.9 Å². The first-order valence-electron chi connectivity index (χ1n) is 8.30. The Balaban J connectivity index is 1.73. The number of halogens is 1. The second-order valence-electron chi connectivity index (χ2n) is 6.56. The van der Waals surface area contributed by atoms with Gasteiger partial charge in [0.05, 0.1) is 7.11 Å². The first kappa shape index (κ1) is 15.4. The third kappa shape index (κ3) is 3.29. The van der Waals surface area contributed by atoms with Gasteiger partial charge in [0.25, 0.3) is 0 Å². The fraction of sp³-hybridized carbons (Fsp3) is 0.667. The summed E-state index contributed by atoms with van der Waals surface area (Å²) in [7, 11) is 1.77. The molecule has 2 fully saturated rings. The predicted octanol–water partition coefficient (Wildman–Crippen LogP) is 4.41. The molecule has 0 aromatic heterocycles. The minimum absolute atomic E-state index is 0.614. The number of ether oxygens (including phenoxy) is 1. The second-order valence-corrected chi connectivity index (χ2v) is 7.47. The first-order chi connectivity index (χ1) is 10.2. The van der Waals surface area contributed by atoms with E-state index in [1.165, 1.54) is 31.2 Å². The maximum Gasteiger partial charge on any atom is 0.122 e. The van der Waals surface area contributed by atoms with Gasteiger partial charge in [-0.3, -0.25) is 0 Å². The predicted molar refractivity (Wildman–Crippen MR) is 90.8 cm³/mol. The highest BCUT2D eigenvalue weighted by atomic mass is 79.9. The molecular formula is C18H26BrNO. The van der Waals surface area contributed by atoms with Crippen molar-refractivity contribution in [2.24, 2.45) is 17.8 Å². The third-order valence-corrected chi connectivity index (χ3v) is 5.77. The van der Waals surface area contributed by atoms with Crippen molar-refractivity contribution >= 4 is 15.9 Å².